The van der Waals surface area contributed by atoms with Gasteiger partial charge in [0.15, 0.2) is 0 Å². The number of allylic oxidation sites excluding steroid dienone is 1. The first-order valence-electron chi connectivity index (χ1n) is 29.5. The van der Waals surface area contributed by atoms with Crippen LogP contribution in [-0.2, 0) is 6.42 Å². The summed E-state index contributed by atoms with van der Waals surface area (Å²) in [4.78, 5) is 0. The second-order valence-electron chi connectivity index (χ2n) is 22.9. The van der Waals surface area contributed by atoms with Crippen LogP contribution in [0.25, 0.3) is 176 Å². The van der Waals surface area contributed by atoms with Crippen LogP contribution in [0, 0.1) is 0 Å². The van der Waals surface area contributed by atoms with E-state index < -0.39 is 0 Å². The van der Waals surface area contributed by atoms with Gasteiger partial charge in [-0.3, -0.25) is 0 Å². The molecule has 85 heavy (non-hydrogen) atoms. The van der Waals surface area contributed by atoms with E-state index in [1.165, 1.54) is 93.2 Å². The van der Waals surface area contributed by atoms with Crippen molar-refractivity contribution < 1.29 is 8.83 Å². The van der Waals surface area contributed by atoms with Crippen LogP contribution in [0.1, 0.15) is 17.7 Å². The predicted molar refractivity (Wildman–Crippen MR) is 358 cm³/mol. The van der Waals surface area contributed by atoms with Gasteiger partial charge in [-0.05, 0) is 160 Å². The van der Waals surface area contributed by atoms with Crippen molar-refractivity contribution in [2.45, 2.75) is 12.8 Å². The standard InChI is InChI=1S/C82H51NO2/c1-3-15-56-45-58(37-31-50(56)13-1)52-27-33-54(34-28-52)79-67-19-5-6-20-68(67)80(55-35-29-53(30-36-55)59-38-32-51-14-2-4-16-57(51)46-59)74-49-62(41-42-69(74)79)83-75-43-39-60(63-21-11-23-70-65-17-7-9-25-77(65)84-81(63)70)47-72(75)73-48-61(40-44-76(73)83)64-22-12-24-71-66-18-8-10-26-78(66)85-82(64)71/h1-9,11-25,27-49H,10,26H2. The first kappa shape index (κ1) is 47.6. The lowest BCUT2D eigenvalue weighted by atomic mass is 9.85. The van der Waals surface area contributed by atoms with Crippen LogP contribution in [-0.4, -0.2) is 4.57 Å². The van der Waals surface area contributed by atoms with E-state index in [-0.39, 0.29) is 0 Å². The van der Waals surface area contributed by atoms with E-state index >= 15 is 0 Å². The predicted octanol–water partition coefficient (Wildman–Crippen LogP) is 23.0. The quantitative estimate of drug-likeness (QED) is 0.149. The maximum atomic E-state index is 6.77. The van der Waals surface area contributed by atoms with Crippen molar-refractivity contribution in [1.82, 2.24) is 4.57 Å². The van der Waals surface area contributed by atoms with Crippen LogP contribution in [0.5, 0.6) is 0 Å². The normalized spacial score (nSPS) is 12.6. The molecule has 0 N–H and O–H groups in total. The molecule has 0 amide bonds. The van der Waals surface area contributed by atoms with Crippen LogP contribution in [0.2, 0.25) is 0 Å². The minimum Gasteiger partial charge on any atom is -0.460 e. The smallest absolute Gasteiger partial charge is 0.143 e. The number of nitrogens with zero attached hydrogens (tertiary/aromatic N) is 1. The number of hydrogen-bond acceptors (Lipinski definition) is 2. The molecule has 0 saturated heterocycles. The lowest BCUT2D eigenvalue weighted by Gasteiger charge is -2.20. The Hall–Kier alpha value is -11.0. The van der Waals surface area contributed by atoms with Crippen LogP contribution in [0.3, 0.4) is 0 Å². The van der Waals surface area contributed by atoms with E-state index in [2.05, 4.69) is 284 Å². The minimum atomic E-state index is 0.891. The third-order valence-electron chi connectivity index (χ3n) is 18.2. The Morgan fingerprint density at radius 1 is 0.294 bits per heavy atom. The molecule has 0 aliphatic heterocycles. The molecule has 17 aromatic rings. The summed E-state index contributed by atoms with van der Waals surface area (Å²) < 4.78 is 15.9. The number of fused-ring (bicyclic) bond motifs is 13. The molecule has 0 unspecified atom stereocenters. The third kappa shape index (κ3) is 7.53. The summed E-state index contributed by atoms with van der Waals surface area (Å²) in [7, 11) is 0. The first-order valence-corrected chi connectivity index (χ1v) is 29.5. The lowest BCUT2D eigenvalue weighted by Crippen LogP contribution is -1.96. The van der Waals surface area contributed by atoms with Crippen molar-refractivity contribution >= 4 is 104 Å². The van der Waals surface area contributed by atoms with Gasteiger partial charge in [0.1, 0.15) is 22.5 Å². The number of aryl methyl sites for hydroxylation is 1. The highest BCUT2D eigenvalue weighted by Gasteiger charge is 2.23. The summed E-state index contributed by atoms with van der Waals surface area (Å²) in [6.07, 6.45) is 6.40. The van der Waals surface area contributed by atoms with Crippen LogP contribution < -0.4 is 0 Å². The molecule has 0 bridgehead atoms. The molecule has 18 rings (SSSR count). The zero-order valence-corrected chi connectivity index (χ0v) is 46.3. The highest BCUT2D eigenvalue weighted by molar-refractivity contribution is 6.22. The molecule has 1 aliphatic rings. The van der Waals surface area contributed by atoms with E-state index in [0.717, 1.165) is 101 Å². The molecule has 3 aromatic heterocycles. The molecular formula is C82H51NO2. The SMILES string of the molecule is C1=Cc2c(oc3c(-c4ccc5c(c4)c4cc(-c6cccc7c6oc6ccccc67)ccc4n5-c4ccc5c(-c6ccc(-c7ccc8ccccc8c7)cc6)c6ccccc6c(-c6ccc(-c7ccc8ccccc8c7)cc6)c5c4)cccc23)CC1. The highest BCUT2D eigenvalue weighted by atomic mass is 16.3. The minimum absolute atomic E-state index is 0.891. The average Bonchev–Trinajstić information content (AvgIpc) is 2.88. The summed E-state index contributed by atoms with van der Waals surface area (Å²) in [5.41, 5.74) is 21.2. The lowest BCUT2D eigenvalue weighted by molar-refractivity contribution is 0.547. The Morgan fingerprint density at radius 3 is 1.40 bits per heavy atom. The number of para-hydroxylation sites is 3. The number of hydrogen-bond donors (Lipinski definition) is 0. The van der Waals surface area contributed by atoms with E-state index in [0.29, 0.717) is 0 Å². The first-order chi connectivity index (χ1) is 42.1. The maximum Gasteiger partial charge on any atom is 0.143 e. The van der Waals surface area contributed by atoms with Crippen molar-refractivity contribution in [2.75, 3.05) is 0 Å². The topological polar surface area (TPSA) is 31.2 Å². The largest absolute Gasteiger partial charge is 0.460 e. The molecule has 0 atom stereocenters. The summed E-state index contributed by atoms with van der Waals surface area (Å²) >= 11 is 0. The van der Waals surface area contributed by atoms with Crippen molar-refractivity contribution in [1.29, 1.82) is 0 Å². The maximum absolute atomic E-state index is 6.77. The fourth-order valence-electron chi connectivity index (χ4n) is 14.1. The highest BCUT2D eigenvalue weighted by Crippen LogP contribution is 2.48. The number of benzene rings is 14. The number of rotatable bonds is 7. The van der Waals surface area contributed by atoms with E-state index in [1.54, 1.807) is 0 Å². The second-order valence-corrected chi connectivity index (χ2v) is 22.9. The van der Waals surface area contributed by atoms with Gasteiger partial charge in [0.2, 0.25) is 0 Å². The van der Waals surface area contributed by atoms with Gasteiger partial charge in [0.05, 0.1) is 11.0 Å². The fourth-order valence-corrected chi connectivity index (χ4v) is 14.1. The zero-order chi connectivity index (χ0) is 55.7. The zero-order valence-electron chi connectivity index (χ0n) is 46.3. The molecule has 0 fully saturated rings. The molecule has 3 heteroatoms. The fraction of sp³-hybridized carbons (Fsp3) is 0.0244. The molecule has 3 nitrogen and oxygen atoms in total. The van der Waals surface area contributed by atoms with Crippen LogP contribution >= 0.6 is 0 Å². The van der Waals surface area contributed by atoms with Gasteiger partial charge in [0.25, 0.3) is 0 Å². The molecule has 3 heterocycles. The Morgan fingerprint density at radius 2 is 0.776 bits per heavy atom. The Balaban J connectivity index is 0.866. The van der Waals surface area contributed by atoms with Gasteiger partial charge in [-0.1, -0.05) is 231 Å². The van der Waals surface area contributed by atoms with Gasteiger partial charge in [-0.25, -0.2) is 0 Å². The van der Waals surface area contributed by atoms with Crippen molar-refractivity contribution in [2.24, 2.45) is 0 Å². The van der Waals surface area contributed by atoms with E-state index in [9.17, 15) is 0 Å². The van der Waals surface area contributed by atoms with E-state index in [1.807, 2.05) is 6.07 Å². The molecular weight excluding hydrogens is 1030 g/mol. The summed E-state index contributed by atoms with van der Waals surface area (Å²) in [6.45, 7) is 0. The van der Waals surface area contributed by atoms with Crippen LogP contribution in [0.4, 0.5) is 0 Å². The summed E-state index contributed by atoms with van der Waals surface area (Å²) in [5.74, 6) is 1.07. The summed E-state index contributed by atoms with van der Waals surface area (Å²) in [6, 6.07) is 101. The molecule has 396 valence electrons. The monoisotopic (exact) mass is 1080 g/mol. The molecule has 0 spiro atoms. The molecule has 0 radical (unpaired) electrons. The molecule has 14 aromatic carbocycles. The van der Waals surface area contributed by atoms with E-state index in [4.69, 9.17) is 8.83 Å². The summed E-state index contributed by atoms with van der Waals surface area (Å²) in [5, 5.41) is 15.5. The Kier molecular flexibility index (Phi) is 10.5. The average molecular weight is 1080 g/mol. The van der Waals surface area contributed by atoms with Crippen molar-refractivity contribution in [3.63, 3.8) is 0 Å². The van der Waals surface area contributed by atoms with Crippen LogP contribution in [0.15, 0.2) is 288 Å². The Labute approximate surface area is 490 Å². The second kappa shape index (κ2) is 18.8. The third-order valence-corrected chi connectivity index (χ3v) is 18.2. The van der Waals surface area contributed by atoms with Crippen molar-refractivity contribution in [3.8, 4) is 72.4 Å². The number of furan rings is 2. The van der Waals surface area contributed by atoms with Crippen molar-refractivity contribution in [3.05, 3.63) is 290 Å². The molecule has 1 aliphatic carbocycles. The Bertz CT molecular complexity index is 5650. The van der Waals surface area contributed by atoms with Gasteiger partial charge >= 0.3 is 0 Å². The van der Waals surface area contributed by atoms with Gasteiger partial charge in [-0.2, -0.15) is 0 Å². The van der Waals surface area contributed by atoms with Gasteiger partial charge in [0, 0.05) is 55.7 Å². The van der Waals surface area contributed by atoms with Gasteiger partial charge < -0.3 is 13.4 Å². The molecule has 0 saturated carbocycles. The van der Waals surface area contributed by atoms with Gasteiger partial charge in [-0.15, -0.1) is 0 Å². The number of aromatic nitrogens is 1.